The normalized spacial score (nSPS) is 10.8. The van der Waals surface area contributed by atoms with Gasteiger partial charge in [-0.3, -0.25) is 9.59 Å². The van der Waals surface area contributed by atoms with Gasteiger partial charge in [0.1, 0.15) is 0 Å². The lowest BCUT2D eigenvalue weighted by atomic mass is 10.3. The summed E-state index contributed by atoms with van der Waals surface area (Å²) in [7, 11) is 0. The van der Waals surface area contributed by atoms with Crippen LogP contribution in [-0.2, 0) is 14.3 Å². The van der Waals surface area contributed by atoms with Crippen LogP contribution in [0.5, 0.6) is 0 Å². The van der Waals surface area contributed by atoms with Crippen LogP contribution in [0.3, 0.4) is 0 Å². The molecule has 0 spiro atoms. The van der Waals surface area contributed by atoms with Gasteiger partial charge in [0.15, 0.2) is 0 Å². The fourth-order valence-corrected chi connectivity index (χ4v) is 0. The highest BCUT2D eigenvalue weighted by Gasteiger charge is 1.94. The Morgan fingerprint density at radius 1 is 1.00 bits per heavy atom. The highest BCUT2D eigenvalue weighted by Crippen LogP contribution is 1.84. The zero-order chi connectivity index (χ0) is 12.4. The second-order valence-electron chi connectivity index (χ2n) is 2.90. The second kappa shape index (κ2) is 8.96. The summed E-state index contributed by atoms with van der Waals surface area (Å²) in [5.74, 6) is -0.870. The molecule has 0 aromatic rings. The number of hydrogen-bond donors (Lipinski definition) is 2. The molecule has 0 radical (unpaired) electrons. The summed E-state index contributed by atoms with van der Waals surface area (Å²) in [5, 5.41) is 0. The van der Waals surface area contributed by atoms with Gasteiger partial charge in [-0.2, -0.15) is 0 Å². The third-order valence-electron chi connectivity index (χ3n) is 1.05. The van der Waals surface area contributed by atoms with Crippen LogP contribution in [0, 0.1) is 0 Å². The maximum Gasteiger partial charge on any atom is 0.243 e. The van der Waals surface area contributed by atoms with E-state index in [4.69, 9.17) is 11.5 Å². The van der Waals surface area contributed by atoms with Crippen molar-refractivity contribution >= 4 is 11.8 Å². The maximum atomic E-state index is 9.82. The Bertz CT molecular complexity index is 207. The van der Waals surface area contributed by atoms with Crippen LogP contribution in [-0.4, -0.2) is 25.0 Å². The number of carbonyl (C=O) groups is 2. The first-order valence-electron chi connectivity index (χ1n) is 4.27. The van der Waals surface area contributed by atoms with Gasteiger partial charge in [-0.25, -0.2) is 0 Å². The lowest BCUT2D eigenvalue weighted by Gasteiger charge is -1.81. The van der Waals surface area contributed by atoms with Crippen molar-refractivity contribution in [3.05, 3.63) is 24.3 Å². The molecule has 1 heterocycles. The molecule has 1 aliphatic heterocycles. The van der Waals surface area contributed by atoms with Gasteiger partial charge >= 0.3 is 0 Å². The van der Waals surface area contributed by atoms with Gasteiger partial charge in [0.25, 0.3) is 0 Å². The largest absolute Gasteiger partial charge is 0.377 e. The molecular formula is C10H18N2O3. The summed E-state index contributed by atoms with van der Waals surface area (Å²) >= 11 is 0. The van der Waals surface area contributed by atoms with Crippen molar-refractivity contribution in [2.75, 3.05) is 13.2 Å². The molecule has 5 heteroatoms. The Kier molecular flexibility index (Phi) is 9.45. The standard InChI is InChI=1S/2C4H7NO.C2H4O/c2*1-3(2)4(5)6;1-2-3-1/h2*1H2,2H3,(H2,5,6);1-2H2. The molecule has 15 heavy (non-hydrogen) atoms. The molecule has 1 rings (SSSR count). The lowest BCUT2D eigenvalue weighted by Crippen LogP contribution is -2.10. The zero-order valence-electron chi connectivity index (χ0n) is 9.21. The van der Waals surface area contributed by atoms with Crippen LogP contribution in [0.2, 0.25) is 0 Å². The van der Waals surface area contributed by atoms with Crippen molar-refractivity contribution in [1.29, 1.82) is 0 Å². The van der Waals surface area contributed by atoms with Crippen LogP contribution >= 0.6 is 0 Å². The number of primary amides is 2. The van der Waals surface area contributed by atoms with E-state index in [9.17, 15) is 9.59 Å². The average Bonchev–Trinajstić information content (AvgIpc) is 2.90. The number of hydrogen-bond acceptors (Lipinski definition) is 3. The van der Waals surface area contributed by atoms with Crippen LogP contribution in [0.25, 0.3) is 0 Å². The predicted octanol–water partition coefficient (Wildman–Crippen LogP) is 0.112. The molecule has 86 valence electrons. The van der Waals surface area contributed by atoms with Gasteiger partial charge in [-0.1, -0.05) is 13.2 Å². The molecule has 4 N–H and O–H groups in total. The van der Waals surface area contributed by atoms with Crippen molar-refractivity contribution in [1.82, 2.24) is 0 Å². The van der Waals surface area contributed by atoms with Gasteiger partial charge < -0.3 is 16.2 Å². The number of ether oxygens (including phenoxy) is 1. The topological polar surface area (TPSA) is 98.7 Å². The van der Waals surface area contributed by atoms with Crippen molar-refractivity contribution in [3.63, 3.8) is 0 Å². The van der Waals surface area contributed by atoms with Crippen LogP contribution in [0.1, 0.15) is 13.8 Å². The Morgan fingerprint density at radius 2 is 1.13 bits per heavy atom. The van der Waals surface area contributed by atoms with E-state index < -0.39 is 11.8 Å². The van der Waals surface area contributed by atoms with E-state index >= 15 is 0 Å². The van der Waals surface area contributed by atoms with Gasteiger partial charge in [-0.15, -0.1) is 0 Å². The fraction of sp³-hybridized carbons (Fsp3) is 0.400. The van der Waals surface area contributed by atoms with E-state index in [-0.39, 0.29) is 0 Å². The molecule has 1 fully saturated rings. The number of rotatable bonds is 2. The summed E-state index contributed by atoms with van der Waals surface area (Å²) in [6.07, 6.45) is 0. The van der Waals surface area contributed by atoms with Crippen LogP contribution < -0.4 is 11.5 Å². The molecule has 5 nitrogen and oxygen atoms in total. The van der Waals surface area contributed by atoms with E-state index in [2.05, 4.69) is 17.9 Å². The summed E-state index contributed by atoms with van der Waals surface area (Å²) in [5.41, 5.74) is 10.2. The minimum atomic E-state index is -0.435. The first kappa shape index (κ1) is 15.8. The Morgan fingerprint density at radius 3 is 1.13 bits per heavy atom. The molecule has 1 saturated heterocycles. The monoisotopic (exact) mass is 214 g/mol. The SMILES string of the molecule is C1CO1.C=C(C)C(N)=O.C=C(C)C(N)=O. The lowest BCUT2D eigenvalue weighted by molar-refractivity contribution is -0.115. The molecule has 0 unspecified atom stereocenters. The number of nitrogens with two attached hydrogens (primary N) is 2. The number of amides is 2. The summed E-state index contributed by atoms with van der Waals surface area (Å²) in [4.78, 5) is 19.6. The molecule has 0 aromatic carbocycles. The quantitative estimate of drug-likeness (QED) is 0.504. The predicted molar refractivity (Wildman–Crippen MR) is 58.8 cm³/mol. The maximum absolute atomic E-state index is 9.82. The van der Waals surface area contributed by atoms with Crippen molar-refractivity contribution in [2.24, 2.45) is 11.5 Å². The van der Waals surface area contributed by atoms with Gasteiger partial charge in [0.05, 0.1) is 13.2 Å². The smallest absolute Gasteiger partial charge is 0.243 e. The zero-order valence-corrected chi connectivity index (χ0v) is 9.21. The number of epoxide rings is 1. The molecule has 2 amide bonds. The van der Waals surface area contributed by atoms with Crippen LogP contribution in [0.4, 0.5) is 0 Å². The van der Waals surface area contributed by atoms with E-state index in [1.54, 1.807) is 13.8 Å². The van der Waals surface area contributed by atoms with Crippen molar-refractivity contribution < 1.29 is 14.3 Å². The average molecular weight is 214 g/mol. The first-order chi connectivity index (χ1) is 6.79. The first-order valence-corrected chi connectivity index (χ1v) is 4.27. The Labute approximate surface area is 89.8 Å². The summed E-state index contributed by atoms with van der Waals surface area (Å²) < 4.78 is 4.50. The van der Waals surface area contributed by atoms with E-state index in [1.807, 2.05) is 0 Å². The molecule has 1 aliphatic rings. The molecule has 0 aromatic heterocycles. The van der Waals surface area contributed by atoms with Crippen molar-refractivity contribution in [2.45, 2.75) is 13.8 Å². The fourth-order valence-electron chi connectivity index (χ4n) is 0. The molecule has 0 bridgehead atoms. The molecule has 0 saturated carbocycles. The highest BCUT2D eigenvalue weighted by molar-refractivity contribution is 5.90. The summed E-state index contributed by atoms with van der Waals surface area (Å²) in [6.45, 7) is 11.7. The van der Waals surface area contributed by atoms with Crippen molar-refractivity contribution in [3.8, 4) is 0 Å². The highest BCUT2D eigenvalue weighted by atomic mass is 16.6. The molecule has 0 atom stereocenters. The van der Waals surface area contributed by atoms with Gasteiger partial charge in [-0.05, 0) is 13.8 Å². The van der Waals surface area contributed by atoms with E-state index in [1.165, 1.54) is 0 Å². The minimum absolute atomic E-state index is 0.398. The van der Waals surface area contributed by atoms with E-state index in [0.717, 1.165) is 13.2 Å². The second-order valence-corrected chi connectivity index (χ2v) is 2.90. The van der Waals surface area contributed by atoms with Gasteiger partial charge in [0.2, 0.25) is 11.8 Å². The van der Waals surface area contributed by atoms with E-state index in [0.29, 0.717) is 11.1 Å². The van der Waals surface area contributed by atoms with Gasteiger partial charge in [0, 0.05) is 11.1 Å². The molecule has 0 aliphatic carbocycles. The third kappa shape index (κ3) is 24.5. The van der Waals surface area contributed by atoms with Crippen LogP contribution in [0.15, 0.2) is 24.3 Å². The Hall–Kier alpha value is -1.62. The Balaban J connectivity index is 0. The summed E-state index contributed by atoms with van der Waals surface area (Å²) in [6, 6.07) is 0. The minimum Gasteiger partial charge on any atom is -0.377 e. The number of carbonyl (C=O) groups excluding carboxylic acids is 2. The molecular weight excluding hydrogens is 196 g/mol. The third-order valence-corrected chi connectivity index (χ3v) is 1.05.